The summed E-state index contributed by atoms with van der Waals surface area (Å²) < 4.78 is 3.04. The number of nitrogens with two attached hydrogens (primary N) is 1. The number of benzene rings is 1. The highest BCUT2D eigenvalue weighted by Gasteiger charge is 2.20. The molecule has 1 aromatic carbocycles. The largest absolute Gasteiger partial charge is 0.351 e. The fourth-order valence-corrected chi connectivity index (χ4v) is 3.26. The molecule has 0 bridgehead atoms. The Bertz CT molecular complexity index is 715. The molecular formula is C15H17BrN4O2S. The molecule has 2 aromatic rings. The van der Waals surface area contributed by atoms with E-state index in [1.54, 1.807) is 13.1 Å². The predicted octanol–water partition coefficient (Wildman–Crippen LogP) is 3.01. The van der Waals surface area contributed by atoms with Gasteiger partial charge in [0, 0.05) is 11.0 Å². The first-order valence-electron chi connectivity index (χ1n) is 7.00. The summed E-state index contributed by atoms with van der Waals surface area (Å²) in [7, 11) is 0. The van der Waals surface area contributed by atoms with E-state index in [0.717, 1.165) is 27.4 Å². The van der Waals surface area contributed by atoms with Gasteiger partial charge in [0.2, 0.25) is 5.91 Å². The first-order chi connectivity index (χ1) is 10.9. The lowest BCUT2D eigenvalue weighted by Crippen LogP contribution is -2.39. The van der Waals surface area contributed by atoms with E-state index in [4.69, 9.17) is 5.73 Å². The Kier molecular flexibility index (Phi) is 5.84. The topological polar surface area (TPSA) is 90.0 Å². The predicted molar refractivity (Wildman–Crippen MR) is 94.1 cm³/mol. The number of primary amides is 1. The molecule has 0 fully saturated rings. The number of aromatic nitrogens is 2. The first-order valence-corrected chi connectivity index (χ1v) is 8.68. The summed E-state index contributed by atoms with van der Waals surface area (Å²) in [5, 5.41) is 2.32. The van der Waals surface area contributed by atoms with Crippen LogP contribution in [0.5, 0.6) is 0 Å². The number of urea groups is 1. The van der Waals surface area contributed by atoms with Crippen molar-refractivity contribution < 1.29 is 9.59 Å². The molecule has 3 amide bonds. The molecule has 6 nitrogen and oxygen atoms in total. The van der Waals surface area contributed by atoms with Gasteiger partial charge < -0.3 is 10.3 Å². The first kappa shape index (κ1) is 17.6. The molecule has 3 N–H and O–H groups in total. The van der Waals surface area contributed by atoms with Crippen LogP contribution < -0.4 is 11.1 Å². The molecule has 2 rings (SSSR count). The van der Waals surface area contributed by atoms with Crippen LogP contribution in [-0.4, -0.2) is 26.7 Å². The van der Waals surface area contributed by atoms with Crippen molar-refractivity contribution in [2.45, 2.75) is 30.8 Å². The van der Waals surface area contributed by atoms with E-state index in [0.29, 0.717) is 0 Å². The van der Waals surface area contributed by atoms with Gasteiger partial charge in [-0.05, 0) is 31.5 Å². The molecule has 0 radical (unpaired) electrons. The monoisotopic (exact) mass is 396 g/mol. The number of carbonyl (C=O) groups excluding carboxylic acids is 2. The zero-order valence-corrected chi connectivity index (χ0v) is 15.1. The lowest BCUT2D eigenvalue weighted by atomic mass is 10.2. The molecule has 122 valence electrons. The minimum absolute atomic E-state index is 0.432. The van der Waals surface area contributed by atoms with Crippen molar-refractivity contribution in [3.8, 4) is 11.3 Å². The zero-order chi connectivity index (χ0) is 17.0. The third-order valence-electron chi connectivity index (χ3n) is 3.17. The second kappa shape index (κ2) is 7.65. The van der Waals surface area contributed by atoms with Crippen molar-refractivity contribution >= 4 is 39.6 Å². The zero-order valence-electron chi connectivity index (χ0n) is 12.7. The molecule has 0 saturated heterocycles. The lowest BCUT2D eigenvalue weighted by molar-refractivity contribution is -0.119. The maximum absolute atomic E-state index is 11.8. The summed E-state index contributed by atoms with van der Waals surface area (Å²) in [6.45, 7) is 4.44. The average Bonchev–Trinajstić information content (AvgIpc) is 2.89. The van der Waals surface area contributed by atoms with Crippen LogP contribution in [0.3, 0.4) is 0 Å². The highest BCUT2D eigenvalue weighted by Crippen LogP contribution is 2.29. The van der Waals surface area contributed by atoms with Gasteiger partial charge in [-0.3, -0.25) is 10.1 Å². The summed E-state index contributed by atoms with van der Waals surface area (Å²) in [4.78, 5) is 27.0. The molecule has 0 aliphatic rings. The maximum atomic E-state index is 11.8. The number of imidazole rings is 1. The minimum atomic E-state index is -0.850. The number of amides is 3. The smallest absolute Gasteiger partial charge is 0.318 e. The van der Waals surface area contributed by atoms with E-state index >= 15 is 0 Å². The Hall–Kier alpha value is -1.80. The normalized spacial score (nSPS) is 12.0. The van der Waals surface area contributed by atoms with Gasteiger partial charge in [-0.1, -0.05) is 39.8 Å². The molecule has 0 saturated carbocycles. The summed E-state index contributed by atoms with van der Waals surface area (Å²) in [6, 6.07) is 7.10. The Balaban J connectivity index is 2.22. The maximum Gasteiger partial charge on any atom is 0.318 e. The summed E-state index contributed by atoms with van der Waals surface area (Å²) >= 11 is 4.70. The third kappa shape index (κ3) is 4.35. The van der Waals surface area contributed by atoms with Gasteiger partial charge in [0.25, 0.3) is 0 Å². The lowest BCUT2D eigenvalue weighted by Gasteiger charge is -2.12. The Labute approximate surface area is 147 Å². The van der Waals surface area contributed by atoms with Crippen LogP contribution >= 0.6 is 27.7 Å². The second-order valence-corrected chi connectivity index (χ2v) is 7.01. The number of thioether (sulfide) groups is 1. The quantitative estimate of drug-likeness (QED) is 0.759. The van der Waals surface area contributed by atoms with Crippen molar-refractivity contribution in [1.82, 2.24) is 14.9 Å². The van der Waals surface area contributed by atoms with Crippen LogP contribution in [0.4, 0.5) is 4.79 Å². The molecule has 1 atom stereocenters. The van der Waals surface area contributed by atoms with E-state index in [-0.39, 0.29) is 0 Å². The van der Waals surface area contributed by atoms with Gasteiger partial charge >= 0.3 is 6.03 Å². The molecule has 1 aromatic heterocycles. The van der Waals surface area contributed by atoms with Gasteiger partial charge in [-0.15, -0.1) is 0 Å². The van der Waals surface area contributed by atoms with Gasteiger partial charge in [0.05, 0.1) is 17.1 Å². The number of halogens is 1. The van der Waals surface area contributed by atoms with Crippen molar-refractivity contribution in [1.29, 1.82) is 0 Å². The molecule has 0 aliphatic carbocycles. The second-order valence-electron chi connectivity index (χ2n) is 4.79. The Morgan fingerprint density at radius 3 is 2.61 bits per heavy atom. The van der Waals surface area contributed by atoms with Gasteiger partial charge in [0.1, 0.15) is 0 Å². The fraction of sp³-hybridized carbons (Fsp3) is 0.267. The Morgan fingerprint density at radius 1 is 1.39 bits per heavy atom. The van der Waals surface area contributed by atoms with Crippen LogP contribution in [0, 0.1) is 0 Å². The van der Waals surface area contributed by atoms with E-state index in [9.17, 15) is 9.59 Å². The fourth-order valence-electron chi connectivity index (χ4n) is 2.04. The van der Waals surface area contributed by atoms with Crippen LogP contribution in [0.15, 0.2) is 40.1 Å². The van der Waals surface area contributed by atoms with Crippen LogP contribution in [0.1, 0.15) is 13.8 Å². The highest BCUT2D eigenvalue weighted by atomic mass is 79.9. The van der Waals surface area contributed by atoms with E-state index in [1.165, 1.54) is 11.8 Å². The van der Waals surface area contributed by atoms with Crippen molar-refractivity contribution in [2.75, 3.05) is 0 Å². The summed E-state index contributed by atoms with van der Waals surface area (Å²) in [6.07, 6.45) is 1.79. The van der Waals surface area contributed by atoms with Gasteiger partial charge in [-0.2, -0.15) is 0 Å². The van der Waals surface area contributed by atoms with E-state index in [2.05, 4.69) is 26.2 Å². The number of nitrogens with one attached hydrogen (secondary N) is 1. The van der Waals surface area contributed by atoms with Crippen LogP contribution in [0.2, 0.25) is 0 Å². The molecule has 8 heteroatoms. The number of imide groups is 1. The standard InChI is InChI=1S/C15H17BrN4O2S/c1-3-20-12(10-4-6-11(16)7-5-10)8-18-15(20)23-9(2)13(21)19-14(17)22/h4-9H,3H2,1-2H3,(H3,17,19,21,22). The molecule has 1 unspecified atom stereocenters. The molecular weight excluding hydrogens is 380 g/mol. The Morgan fingerprint density at radius 2 is 2.04 bits per heavy atom. The molecule has 1 heterocycles. The van der Waals surface area contributed by atoms with Crippen LogP contribution in [0.25, 0.3) is 11.3 Å². The van der Waals surface area contributed by atoms with Gasteiger partial charge in [0.15, 0.2) is 5.16 Å². The summed E-state index contributed by atoms with van der Waals surface area (Å²) in [5.74, 6) is -0.432. The summed E-state index contributed by atoms with van der Waals surface area (Å²) in [5.41, 5.74) is 6.99. The molecule has 0 spiro atoms. The van der Waals surface area contributed by atoms with Gasteiger partial charge in [-0.25, -0.2) is 9.78 Å². The van der Waals surface area contributed by atoms with E-state index < -0.39 is 17.2 Å². The average molecular weight is 397 g/mol. The number of nitrogens with zero attached hydrogens (tertiary/aromatic N) is 2. The minimum Gasteiger partial charge on any atom is -0.351 e. The molecule has 23 heavy (non-hydrogen) atoms. The highest BCUT2D eigenvalue weighted by molar-refractivity contribution is 9.10. The molecule has 0 aliphatic heterocycles. The number of carbonyl (C=O) groups is 2. The number of hydrogen-bond acceptors (Lipinski definition) is 4. The number of hydrogen-bond donors (Lipinski definition) is 2. The van der Waals surface area contributed by atoms with Crippen molar-refractivity contribution in [2.24, 2.45) is 5.73 Å². The van der Waals surface area contributed by atoms with Crippen molar-refractivity contribution in [3.63, 3.8) is 0 Å². The van der Waals surface area contributed by atoms with Crippen LogP contribution in [-0.2, 0) is 11.3 Å². The third-order valence-corrected chi connectivity index (χ3v) is 4.81. The van der Waals surface area contributed by atoms with Crippen molar-refractivity contribution in [3.05, 3.63) is 34.9 Å². The SMILES string of the molecule is CCn1c(-c2ccc(Br)cc2)cnc1SC(C)C(=O)NC(N)=O. The van der Waals surface area contributed by atoms with E-state index in [1.807, 2.05) is 35.8 Å². The number of rotatable bonds is 5.